The van der Waals surface area contributed by atoms with Crippen LogP contribution >= 0.6 is 0 Å². The average Bonchev–Trinajstić information content (AvgIpc) is 3.04. The molecule has 1 aliphatic rings. The maximum Gasteiger partial charge on any atom is 0.247 e. The lowest BCUT2D eigenvalue weighted by Crippen LogP contribution is -2.43. The van der Waals surface area contributed by atoms with Gasteiger partial charge in [-0.15, -0.1) is 10.2 Å². The monoisotopic (exact) mass is 286 g/mol. The minimum atomic E-state index is -0.0891. The van der Waals surface area contributed by atoms with Crippen molar-refractivity contribution in [2.45, 2.75) is 32.2 Å². The van der Waals surface area contributed by atoms with Crippen LogP contribution in [0.3, 0.4) is 0 Å². The second-order valence-corrected chi connectivity index (χ2v) is 5.27. The van der Waals surface area contributed by atoms with Crippen molar-refractivity contribution in [2.75, 3.05) is 11.9 Å². The second kappa shape index (κ2) is 6.05. The molecule has 1 atom stereocenters. The SMILES string of the molecule is Cc1cc(-c2nnco2)ccc1NC(=O)[C@H]1CCCCN1. The highest BCUT2D eigenvalue weighted by atomic mass is 16.4. The van der Waals surface area contributed by atoms with E-state index in [0.29, 0.717) is 5.89 Å². The molecule has 1 saturated heterocycles. The van der Waals surface area contributed by atoms with Gasteiger partial charge in [0.15, 0.2) is 0 Å². The highest BCUT2D eigenvalue weighted by Gasteiger charge is 2.21. The summed E-state index contributed by atoms with van der Waals surface area (Å²) < 4.78 is 5.17. The standard InChI is InChI=1S/C15H18N4O2/c1-10-8-11(15-19-17-9-21-15)5-6-12(10)18-14(20)13-4-2-3-7-16-13/h5-6,8-9,13,16H,2-4,7H2,1H3,(H,18,20)/t13-/m1/s1. The molecule has 0 unspecified atom stereocenters. The topological polar surface area (TPSA) is 80.1 Å². The van der Waals surface area contributed by atoms with Gasteiger partial charge in [-0.2, -0.15) is 0 Å². The summed E-state index contributed by atoms with van der Waals surface area (Å²) in [5.74, 6) is 0.508. The van der Waals surface area contributed by atoms with Gasteiger partial charge in [0.2, 0.25) is 18.2 Å². The molecule has 1 aromatic heterocycles. The molecule has 21 heavy (non-hydrogen) atoms. The third kappa shape index (κ3) is 3.11. The van der Waals surface area contributed by atoms with Crippen molar-refractivity contribution < 1.29 is 9.21 Å². The fraction of sp³-hybridized carbons (Fsp3) is 0.400. The van der Waals surface area contributed by atoms with E-state index in [2.05, 4.69) is 20.8 Å². The number of carbonyl (C=O) groups excluding carboxylic acids is 1. The van der Waals surface area contributed by atoms with Crippen LogP contribution in [0, 0.1) is 6.92 Å². The summed E-state index contributed by atoms with van der Waals surface area (Å²) >= 11 is 0. The molecular formula is C15H18N4O2. The number of hydrogen-bond donors (Lipinski definition) is 2. The van der Waals surface area contributed by atoms with Crippen molar-refractivity contribution in [1.29, 1.82) is 0 Å². The zero-order chi connectivity index (χ0) is 14.7. The van der Waals surface area contributed by atoms with Gasteiger partial charge in [0.1, 0.15) is 0 Å². The minimum absolute atomic E-state index is 0.0309. The molecule has 0 bridgehead atoms. The van der Waals surface area contributed by atoms with E-state index in [1.54, 1.807) is 0 Å². The predicted molar refractivity (Wildman–Crippen MR) is 78.7 cm³/mol. The van der Waals surface area contributed by atoms with Crippen molar-refractivity contribution in [3.8, 4) is 11.5 Å². The van der Waals surface area contributed by atoms with E-state index in [1.807, 2.05) is 25.1 Å². The van der Waals surface area contributed by atoms with Gasteiger partial charge in [-0.25, -0.2) is 0 Å². The van der Waals surface area contributed by atoms with Crippen molar-refractivity contribution in [3.63, 3.8) is 0 Å². The molecule has 2 aromatic rings. The Kier molecular flexibility index (Phi) is 3.96. The van der Waals surface area contributed by atoms with Gasteiger partial charge in [0, 0.05) is 11.3 Å². The lowest BCUT2D eigenvalue weighted by Gasteiger charge is -2.23. The first-order valence-electron chi connectivity index (χ1n) is 7.15. The number of benzene rings is 1. The molecule has 6 nitrogen and oxygen atoms in total. The van der Waals surface area contributed by atoms with Crippen molar-refractivity contribution >= 4 is 11.6 Å². The summed E-state index contributed by atoms with van der Waals surface area (Å²) in [4.78, 5) is 12.2. The van der Waals surface area contributed by atoms with Crippen LogP contribution in [0.25, 0.3) is 11.5 Å². The normalized spacial score (nSPS) is 18.4. The fourth-order valence-electron chi connectivity index (χ4n) is 2.53. The molecule has 2 heterocycles. The fourth-order valence-corrected chi connectivity index (χ4v) is 2.53. The van der Waals surface area contributed by atoms with Crippen molar-refractivity contribution in [3.05, 3.63) is 30.2 Å². The number of piperidine rings is 1. The van der Waals surface area contributed by atoms with Crippen LogP contribution in [0.15, 0.2) is 29.0 Å². The summed E-state index contributed by atoms with van der Waals surface area (Å²) in [6.45, 7) is 2.86. The van der Waals surface area contributed by atoms with Gasteiger partial charge in [-0.05, 0) is 50.1 Å². The first-order chi connectivity index (χ1) is 10.2. The van der Waals surface area contributed by atoms with E-state index in [-0.39, 0.29) is 11.9 Å². The third-order valence-electron chi connectivity index (χ3n) is 3.72. The number of carbonyl (C=O) groups is 1. The zero-order valence-electron chi connectivity index (χ0n) is 11.9. The van der Waals surface area contributed by atoms with Gasteiger partial charge in [0.05, 0.1) is 6.04 Å². The molecule has 0 radical (unpaired) electrons. The van der Waals surface area contributed by atoms with Gasteiger partial charge in [-0.3, -0.25) is 4.79 Å². The Balaban J connectivity index is 1.72. The van der Waals surface area contributed by atoms with E-state index in [1.165, 1.54) is 6.39 Å². The summed E-state index contributed by atoms with van der Waals surface area (Å²) in [5.41, 5.74) is 2.63. The summed E-state index contributed by atoms with van der Waals surface area (Å²) in [7, 11) is 0. The zero-order valence-corrected chi connectivity index (χ0v) is 11.9. The first kappa shape index (κ1) is 13.8. The van der Waals surface area contributed by atoms with Crippen molar-refractivity contribution in [2.24, 2.45) is 0 Å². The largest absolute Gasteiger partial charge is 0.423 e. The Labute approximate surface area is 123 Å². The highest BCUT2D eigenvalue weighted by molar-refractivity contribution is 5.95. The molecule has 3 rings (SSSR count). The first-order valence-corrected chi connectivity index (χ1v) is 7.15. The number of nitrogens with zero attached hydrogens (tertiary/aromatic N) is 2. The molecule has 1 aromatic carbocycles. The molecule has 1 aliphatic heterocycles. The highest BCUT2D eigenvalue weighted by Crippen LogP contribution is 2.23. The third-order valence-corrected chi connectivity index (χ3v) is 3.72. The van der Waals surface area contributed by atoms with Crippen molar-refractivity contribution in [1.82, 2.24) is 15.5 Å². The maximum absolute atomic E-state index is 12.2. The summed E-state index contributed by atoms with van der Waals surface area (Å²) in [6.07, 6.45) is 4.43. The molecule has 0 saturated carbocycles. The number of nitrogens with one attached hydrogen (secondary N) is 2. The molecule has 1 fully saturated rings. The average molecular weight is 286 g/mol. The minimum Gasteiger partial charge on any atom is -0.423 e. The van der Waals surface area contributed by atoms with E-state index in [0.717, 1.165) is 42.6 Å². The Hall–Kier alpha value is -2.21. The smallest absolute Gasteiger partial charge is 0.247 e. The molecule has 2 N–H and O–H groups in total. The van der Waals surface area contributed by atoms with Gasteiger partial charge in [0.25, 0.3) is 0 Å². The Bertz CT molecular complexity index is 619. The van der Waals surface area contributed by atoms with E-state index < -0.39 is 0 Å². The number of amides is 1. The maximum atomic E-state index is 12.2. The van der Waals surface area contributed by atoms with Gasteiger partial charge in [-0.1, -0.05) is 6.42 Å². The van der Waals surface area contributed by atoms with Gasteiger partial charge >= 0.3 is 0 Å². The molecule has 0 spiro atoms. The lowest BCUT2D eigenvalue weighted by atomic mass is 10.0. The van der Waals surface area contributed by atoms with Crippen LogP contribution in [-0.2, 0) is 4.79 Å². The summed E-state index contributed by atoms with van der Waals surface area (Å²) in [5, 5.41) is 13.8. The van der Waals surface area contributed by atoms with E-state index in [9.17, 15) is 4.79 Å². The molecular weight excluding hydrogens is 268 g/mol. The molecule has 110 valence electrons. The van der Waals surface area contributed by atoms with Gasteiger partial charge < -0.3 is 15.1 Å². The van der Waals surface area contributed by atoms with Crippen LogP contribution in [0.4, 0.5) is 5.69 Å². The van der Waals surface area contributed by atoms with Crippen LogP contribution < -0.4 is 10.6 Å². The van der Waals surface area contributed by atoms with Crippen LogP contribution in [0.2, 0.25) is 0 Å². The number of hydrogen-bond acceptors (Lipinski definition) is 5. The molecule has 1 amide bonds. The van der Waals surface area contributed by atoms with Crippen LogP contribution in [0.1, 0.15) is 24.8 Å². The number of anilines is 1. The molecule has 6 heteroatoms. The second-order valence-electron chi connectivity index (χ2n) is 5.27. The number of aryl methyl sites for hydroxylation is 1. The van der Waals surface area contributed by atoms with Crippen LogP contribution in [0.5, 0.6) is 0 Å². The van der Waals surface area contributed by atoms with E-state index >= 15 is 0 Å². The lowest BCUT2D eigenvalue weighted by molar-refractivity contribution is -0.118. The predicted octanol–water partition coefficient (Wildman–Crippen LogP) is 2.13. The summed E-state index contributed by atoms with van der Waals surface area (Å²) in [6, 6.07) is 5.58. The Morgan fingerprint density at radius 1 is 1.43 bits per heavy atom. The Morgan fingerprint density at radius 2 is 2.33 bits per heavy atom. The Morgan fingerprint density at radius 3 is 3.00 bits per heavy atom. The quantitative estimate of drug-likeness (QED) is 0.903. The number of aromatic nitrogens is 2. The van der Waals surface area contributed by atoms with E-state index in [4.69, 9.17) is 4.42 Å². The van der Waals surface area contributed by atoms with Crippen LogP contribution in [-0.4, -0.2) is 28.7 Å². The number of rotatable bonds is 3. The molecule has 0 aliphatic carbocycles.